The second kappa shape index (κ2) is 5.91. The molecule has 0 radical (unpaired) electrons. The molecule has 0 fully saturated rings. The van der Waals surface area contributed by atoms with Gasteiger partial charge in [-0.1, -0.05) is 0 Å². The summed E-state index contributed by atoms with van der Waals surface area (Å²) in [5.41, 5.74) is 0.219. The van der Waals surface area contributed by atoms with Crippen molar-refractivity contribution < 1.29 is 13.9 Å². The molecule has 1 aromatic carbocycles. The number of amides is 1. The van der Waals surface area contributed by atoms with E-state index in [0.717, 1.165) is 5.69 Å². The molecule has 0 aliphatic rings. The van der Waals surface area contributed by atoms with Crippen LogP contribution in [-0.4, -0.2) is 17.7 Å². The summed E-state index contributed by atoms with van der Waals surface area (Å²) in [4.78, 5) is 11.6. The molecule has 19 heavy (non-hydrogen) atoms. The second-order valence-electron chi connectivity index (χ2n) is 5.62. The molecule has 0 heterocycles. The van der Waals surface area contributed by atoms with Gasteiger partial charge in [0.05, 0.1) is 5.69 Å². The number of carbonyl (C=O) groups is 1. The van der Waals surface area contributed by atoms with E-state index in [9.17, 15) is 9.18 Å². The first-order chi connectivity index (χ1) is 8.67. The number of rotatable bonds is 3. The van der Waals surface area contributed by atoms with Crippen LogP contribution in [0, 0.1) is 5.82 Å². The quantitative estimate of drug-likeness (QED) is 0.871. The van der Waals surface area contributed by atoms with Crippen molar-refractivity contribution in [3.8, 4) is 0 Å². The lowest BCUT2D eigenvalue weighted by Crippen LogP contribution is -2.27. The number of hydrogen-bond acceptors (Lipinski definition) is 3. The third-order valence-corrected chi connectivity index (χ3v) is 2.06. The largest absolute Gasteiger partial charge is 0.444 e. The summed E-state index contributed by atoms with van der Waals surface area (Å²) in [6, 6.07) is 4.69. The molecular formula is C14H21FN2O2. The standard InChI is InChI=1S/C14H21FN2O2/c1-9(2)16-10-6-7-11(15)12(8-10)17-13(18)19-14(3,4)5/h6-9,16H,1-5H3,(H,17,18). The van der Waals surface area contributed by atoms with Crippen molar-refractivity contribution in [2.45, 2.75) is 46.3 Å². The van der Waals surface area contributed by atoms with Crippen LogP contribution in [0.15, 0.2) is 18.2 Å². The number of carbonyl (C=O) groups excluding carboxylic acids is 1. The monoisotopic (exact) mass is 268 g/mol. The van der Waals surface area contributed by atoms with E-state index in [1.54, 1.807) is 32.9 Å². The molecule has 106 valence electrons. The van der Waals surface area contributed by atoms with E-state index in [-0.39, 0.29) is 11.7 Å². The molecular weight excluding hydrogens is 247 g/mol. The second-order valence-corrected chi connectivity index (χ2v) is 5.62. The van der Waals surface area contributed by atoms with Crippen LogP contribution in [0.25, 0.3) is 0 Å². The lowest BCUT2D eigenvalue weighted by molar-refractivity contribution is 0.0635. The fourth-order valence-corrected chi connectivity index (χ4v) is 1.46. The van der Waals surface area contributed by atoms with Gasteiger partial charge in [-0.2, -0.15) is 0 Å². The SMILES string of the molecule is CC(C)Nc1ccc(F)c(NC(=O)OC(C)(C)C)c1. The fourth-order valence-electron chi connectivity index (χ4n) is 1.46. The summed E-state index contributed by atoms with van der Waals surface area (Å²) < 4.78 is 18.7. The van der Waals surface area contributed by atoms with Gasteiger partial charge in [0.15, 0.2) is 0 Å². The molecule has 1 amide bonds. The van der Waals surface area contributed by atoms with Crippen LogP contribution in [-0.2, 0) is 4.74 Å². The van der Waals surface area contributed by atoms with Crippen molar-refractivity contribution in [3.63, 3.8) is 0 Å². The van der Waals surface area contributed by atoms with Crippen LogP contribution < -0.4 is 10.6 Å². The van der Waals surface area contributed by atoms with Gasteiger partial charge in [-0.05, 0) is 52.8 Å². The van der Waals surface area contributed by atoms with Crippen LogP contribution in [0.1, 0.15) is 34.6 Å². The van der Waals surface area contributed by atoms with Crippen molar-refractivity contribution in [1.82, 2.24) is 0 Å². The molecule has 0 saturated carbocycles. The number of hydrogen-bond donors (Lipinski definition) is 2. The highest BCUT2D eigenvalue weighted by Crippen LogP contribution is 2.21. The Balaban J connectivity index is 2.79. The minimum absolute atomic E-state index is 0.0971. The first-order valence-corrected chi connectivity index (χ1v) is 6.23. The van der Waals surface area contributed by atoms with Gasteiger partial charge in [-0.3, -0.25) is 5.32 Å². The minimum atomic E-state index is -0.673. The molecule has 1 rings (SSSR count). The van der Waals surface area contributed by atoms with Gasteiger partial charge in [0.2, 0.25) is 0 Å². The van der Waals surface area contributed by atoms with Crippen LogP contribution in [0.3, 0.4) is 0 Å². The smallest absolute Gasteiger partial charge is 0.412 e. The van der Waals surface area contributed by atoms with Crippen LogP contribution in [0.2, 0.25) is 0 Å². The van der Waals surface area contributed by atoms with Gasteiger partial charge < -0.3 is 10.1 Å². The van der Waals surface area contributed by atoms with Crippen molar-refractivity contribution >= 4 is 17.5 Å². The molecule has 1 aromatic rings. The summed E-state index contributed by atoms with van der Waals surface area (Å²) in [5.74, 6) is -0.500. The van der Waals surface area contributed by atoms with E-state index in [2.05, 4.69) is 10.6 Å². The minimum Gasteiger partial charge on any atom is -0.444 e. The molecule has 0 spiro atoms. The highest BCUT2D eigenvalue weighted by atomic mass is 19.1. The molecule has 0 unspecified atom stereocenters. The van der Waals surface area contributed by atoms with Gasteiger partial charge in [0, 0.05) is 11.7 Å². The highest BCUT2D eigenvalue weighted by Gasteiger charge is 2.17. The first-order valence-electron chi connectivity index (χ1n) is 6.23. The average Bonchev–Trinajstić information content (AvgIpc) is 2.19. The van der Waals surface area contributed by atoms with Gasteiger partial charge in [-0.15, -0.1) is 0 Å². The van der Waals surface area contributed by atoms with Gasteiger partial charge in [0.1, 0.15) is 11.4 Å². The Morgan fingerprint density at radius 3 is 2.47 bits per heavy atom. The lowest BCUT2D eigenvalue weighted by atomic mass is 10.2. The number of ether oxygens (including phenoxy) is 1. The maximum atomic E-state index is 13.6. The molecule has 0 saturated heterocycles. The van der Waals surface area contributed by atoms with Crippen molar-refractivity contribution in [1.29, 1.82) is 0 Å². The normalized spacial score (nSPS) is 11.3. The van der Waals surface area contributed by atoms with Gasteiger partial charge in [0.25, 0.3) is 0 Å². The maximum Gasteiger partial charge on any atom is 0.412 e. The highest BCUT2D eigenvalue weighted by molar-refractivity contribution is 5.85. The number of nitrogens with one attached hydrogen (secondary N) is 2. The van der Waals surface area contributed by atoms with E-state index in [1.165, 1.54) is 6.07 Å². The zero-order chi connectivity index (χ0) is 14.6. The lowest BCUT2D eigenvalue weighted by Gasteiger charge is -2.20. The molecule has 4 nitrogen and oxygen atoms in total. The van der Waals surface area contributed by atoms with Crippen molar-refractivity contribution in [2.75, 3.05) is 10.6 Å². The van der Waals surface area contributed by atoms with E-state index in [4.69, 9.17) is 4.74 Å². The molecule has 2 N–H and O–H groups in total. The Labute approximate surface area is 113 Å². The summed E-state index contributed by atoms with van der Waals surface area (Å²) in [6.07, 6.45) is -0.673. The van der Waals surface area contributed by atoms with E-state index in [1.807, 2.05) is 13.8 Å². The van der Waals surface area contributed by atoms with E-state index in [0.29, 0.717) is 0 Å². The molecule has 0 atom stereocenters. The Kier molecular flexibility index (Phi) is 4.75. The third-order valence-electron chi connectivity index (χ3n) is 2.06. The van der Waals surface area contributed by atoms with E-state index < -0.39 is 17.5 Å². The topological polar surface area (TPSA) is 50.4 Å². The third kappa shape index (κ3) is 5.59. The van der Waals surface area contributed by atoms with E-state index >= 15 is 0 Å². The Hall–Kier alpha value is -1.78. The van der Waals surface area contributed by atoms with Gasteiger partial charge in [-0.25, -0.2) is 9.18 Å². The summed E-state index contributed by atoms with van der Waals surface area (Å²) in [5, 5.41) is 5.54. The first kappa shape index (κ1) is 15.3. The molecule has 0 aromatic heterocycles. The average molecular weight is 268 g/mol. The maximum absolute atomic E-state index is 13.6. The van der Waals surface area contributed by atoms with Crippen LogP contribution >= 0.6 is 0 Å². The molecule has 0 aliphatic heterocycles. The number of anilines is 2. The van der Waals surface area contributed by atoms with Gasteiger partial charge >= 0.3 is 6.09 Å². The Morgan fingerprint density at radius 2 is 1.95 bits per heavy atom. The van der Waals surface area contributed by atoms with Crippen LogP contribution in [0.5, 0.6) is 0 Å². The van der Waals surface area contributed by atoms with Crippen LogP contribution in [0.4, 0.5) is 20.6 Å². The zero-order valence-corrected chi connectivity index (χ0v) is 12.0. The summed E-state index contributed by atoms with van der Waals surface area (Å²) >= 11 is 0. The summed E-state index contributed by atoms with van der Waals surface area (Å²) in [7, 11) is 0. The predicted octanol–water partition coefficient (Wildman–Crippen LogP) is 3.99. The number of benzene rings is 1. The number of halogens is 1. The summed E-state index contributed by atoms with van der Waals surface area (Å²) in [6.45, 7) is 9.20. The predicted molar refractivity (Wildman–Crippen MR) is 75.0 cm³/mol. The van der Waals surface area contributed by atoms with Crippen molar-refractivity contribution in [2.24, 2.45) is 0 Å². The fraction of sp³-hybridized carbons (Fsp3) is 0.500. The Bertz CT molecular complexity index is 453. The molecule has 0 aliphatic carbocycles. The molecule has 5 heteroatoms. The molecule has 0 bridgehead atoms. The zero-order valence-electron chi connectivity index (χ0n) is 12.0. The Morgan fingerprint density at radius 1 is 1.32 bits per heavy atom. The van der Waals surface area contributed by atoms with Crippen molar-refractivity contribution in [3.05, 3.63) is 24.0 Å².